The van der Waals surface area contributed by atoms with Gasteiger partial charge in [-0.05, 0) is 51.2 Å². The number of unbranched alkanes of at least 4 members (excludes halogenated alkanes) is 2. The highest BCUT2D eigenvalue weighted by Crippen LogP contribution is 2.27. The summed E-state index contributed by atoms with van der Waals surface area (Å²) in [7, 11) is 1.24. The molecule has 0 fully saturated rings. The molecule has 9 heteroatoms. The number of ether oxygens (including phenoxy) is 2. The molecule has 0 spiro atoms. The molecular formula is C28H45N3O6. The van der Waals surface area contributed by atoms with E-state index in [1.54, 1.807) is 26.8 Å². The molecule has 0 aliphatic carbocycles. The quantitative estimate of drug-likeness (QED) is 0.297. The molecule has 3 unspecified atom stereocenters. The van der Waals surface area contributed by atoms with Gasteiger partial charge in [-0.25, -0.2) is 4.79 Å². The van der Waals surface area contributed by atoms with E-state index in [0.29, 0.717) is 24.9 Å². The maximum Gasteiger partial charge on any atom is 0.408 e. The second-order valence-corrected chi connectivity index (χ2v) is 10.3. The zero-order valence-electron chi connectivity index (χ0n) is 23.7. The Kier molecular flexibility index (Phi) is 13.1. The third-order valence-corrected chi connectivity index (χ3v) is 6.11. The highest BCUT2D eigenvalue weighted by molar-refractivity contribution is 5.93. The topological polar surface area (TPSA) is 114 Å². The lowest BCUT2D eigenvalue weighted by Gasteiger charge is -2.36. The summed E-state index contributed by atoms with van der Waals surface area (Å²) in [6, 6.07) is 5.44. The van der Waals surface area contributed by atoms with Crippen LogP contribution in [0.2, 0.25) is 0 Å². The number of carbonyl (C=O) groups is 4. The number of alkyl carbamates (subject to hydrolysis) is 1. The number of aryl methyl sites for hydroxylation is 1. The summed E-state index contributed by atoms with van der Waals surface area (Å²) in [5, 5.41) is 5.38. The molecule has 0 saturated heterocycles. The minimum atomic E-state index is -0.998. The third-order valence-electron chi connectivity index (χ3n) is 6.11. The average Bonchev–Trinajstić information content (AvgIpc) is 2.84. The number of methoxy groups -OCH3 is 1. The van der Waals surface area contributed by atoms with Crippen molar-refractivity contribution in [3.63, 3.8) is 0 Å². The molecule has 3 atom stereocenters. The van der Waals surface area contributed by atoms with Crippen LogP contribution < -0.4 is 10.6 Å². The van der Waals surface area contributed by atoms with E-state index < -0.39 is 35.7 Å². The highest BCUT2D eigenvalue weighted by Gasteiger charge is 2.38. The van der Waals surface area contributed by atoms with Gasteiger partial charge in [0.2, 0.25) is 11.8 Å². The fourth-order valence-corrected chi connectivity index (χ4v) is 3.87. The third kappa shape index (κ3) is 10.4. The lowest BCUT2D eigenvalue weighted by molar-refractivity contribution is -0.145. The summed E-state index contributed by atoms with van der Waals surface area (Å²) in [5.74, 6) is -1.68. The van der Waals surface area contributed by atoms with E-state index in [-0.39, 0.29) is 18.4 Å². The molecule has 0 saturated carbocycles. The molecule has 1 rings (SSSR count). The predicted molar refractivity (Wildman–Crippen MR) is 143 cm³/mol. The number of hydrogen-bond donors (Lipinski definition) is 2. The Morgan fingerprint density at radius 1 is 1.05 bits per heavy atom. The van der Waals surface area contributed by atoms with Gasteiger partial charge >= 0.3 is 12.1 Å². The molecule has 37 heavy (non-hydrogen) atoms. The lowest BCUT2D eigenvalue weighted by Crippen LogP contribution is -2.55. The second kappa shape index (κ2) is 15.2. The first-order chi connectivity index (χ1) is 17.4. The van der Waals surface area contributed by atoms with E-state index in [1.165, 1.54) is 12.0 Å². The van der Waals surface area contributed by atoms with Gasteiger partial charge in [-0.3, -0.25) is 14.4 Å². The van der Waals surface area contributed by atoms with Crippen molar-refractivity contribution in [2.24, 2.45) is 5.92 Å². The normalized spacial score (nSPS) is 13.6. The van der Waals surface area contributed by atoms with Crippen LogP contribution in [0.4, 0.5) is 4.79 Å². The summed E-state index contributed by atoms with van der Waals surface area (Å²) in [6.07, 6.45) is 2.40. The van der Waals surface area contributed by atoms with Crippen LogP contribution in [-0.2, 0) is 23.9 Å². The molecule has 208 valence electrons. The Balaban J connectivity index is 3.52. The first-order valence-corrected chi connectivity index (χ1v) is 13.1. The van der Waals surface area contributed by atoms with Crippen molar-refractivity contribution in [3.05, 3.63) is 35.4 Å². The summed E-state index contributed by atoms with van der Waals surface area (Å²) in [6.45, 7) is 13.0. The van der Waals surface area contributed by atoms with E-state index in [2.05, 4.69) is 22.3 Å². The van der Waals surface area contributed by atoms with Crippen LogP contribution in [0.1, 0.15) is 84.4 Å². The second-order valence-electron chi connectivity index (χ2n) is 10.3. The first kappa shape index (κ1) is 31.9. The van der Waals surface area contributed by atoms with Gasteiger partial charge in [0, 0.05) is 6.54 Å². The van der Waals surface area contributed by atoms with E-state index in [9.17, 15) is 19.2 Å². The fourth-order valence-electron chi connectivity index (χ4n) is 3.87. The van der Waals surface area contributed by atoms with E-state index in [0.717, 1.165) is 18.4 Å². The minimum Gasteiger partial charge on any atom is -0.468 e. The highest BCUT2D eigenvalue weighted by atomic mass is 16.6. The smallest absolute Gasteiger partial charge is 0.408 e. The summed E-state index contributed by atoms with van der Waals surface area (Å²) in [5.41, 5.74) is 0.745. The fraction of sp³-hybridized carbons (Fsp3) is 0.643. The van der Waals surface area contributed by atoms with E-state index in [4.69, 9.17) is 4.74 Å². The van der Waals surface area contributed by atoms with Crippen molar-refractivity contribution < 1.29 is 28.7 Å². The Morgan fingerprint density at radius 3 is 2.24 bits per heavy atom. The molecule has 0 radical (unpaired) electrons. The molecular weight excluding hydrogens is 474 g/mol. The molecule has 9 nitrogen and oxygen atoms in total. The predicted octanol–water partition coefficient (Wildman–Crippen LogP) is 4.28. The van der Waals surface area contributed by atoms with Crippen LogP contribution in [0.3, 0.4) is 0 Å². The van der Waals surface area contributed by atoms with E-state index >= 15 is 0 Å². The van der Waals surface area contributed by atoms with Crippen LogP contribution in [0.5, 0.6) is 0 Å². The summed E-state index contributed by atoms with van der Waals surface area (Å²) >= 11 is 0. The standard InChI is InChI=1S/C28H45N3O6/c1-9-11-14-17-31(26(34)23(19(3)10-2)30-27(35)37-28(5,6)7)24(21-16-13-12-15-20(21)4)25(33)29-18-22(32)36-8/h12-13,15-16,19,23-24H,9-11,14,17-18H2,1-8H3,(H,29,33)(H,30,35). The Morgan fingerprint density at radius 2 is 1.70 bits per heavy atom. The Hall–Kier alpha value is -3.10. The summed E-state index contributed by atoms with van der Waals surface area (Å²) in [4.78, 5) is 53.6. The van der Waals surface area contributed by atoms with Crippen molar-refractivity contribution in [2.75, 3.05) is 20.2 Å². The maximum absolute atomic E-state index is 14.1. The molecule has 3 amide bonds. The number of amides is 3. The Labute approximate surface area is 221 Å². The van der Waals surface area contributed by atoms with Crippen LogP contribution in [0.15, 0.2) is 24.3 Å². The number of nitrogens with one attached hydrogen (secondary N) is 2. The number of carbonyl (C=O) groups excluding carboxylic acids is 4. The van der Waals surface area contributed by atoms with Gasteiger partial charge in [0.1, 0.15) is 24.2 Å². The monoisotopic (exact) mass is 519 g/mol. The van der Waals surface area contributed by atoms with Gasteiger partial charge in [-0.15, -0.1) is 0 Å². The molecule has 0 heterocycles. The number of rotatable bonds is 13. The first-order valence-electron chi connectivity index (χ1n) is 13.1. The molecule has 0 aliphatic rings. The number of benzene rings is 1. The van der Waals surface area contributed by atoms with Gasteiger partial charge < -0.3 is 25.0 Å². The number of nitrogens with zero attached hydrogens (tertiary/aromatic N) is 1. The molecule has 0 bridgehead atoms. The van der Waals surface area contributed by atoms with Gasteiger partial charge in [0.05, 0.1) is 7.11 Å². The average molecular weight is 520 g/mol. The molecule has 1 aromatic rings. The van der Waals surface area contributed by atoms with Crippen LogP contribution >= 0.6 is 0 Å². The summed E-state index contributed by atoms with van der Waals surface area (Å²) < 4.78 is 10.1. The lowest BCUT2D eigenvalue weighted by atomic mass is 9.94. The van der Waals surface area contributed by atoms with Gasteiger partial charge in [-0.2, -0.15) is 0 Å². The van der Waals surface area contributed by atoms with Crippen molar-refractivity contribution in [2.45, 2.75) is 91.8 Å². The van der Waals surface area contributed by atoms with Crippen LogP contribution in [0, 0.1) is 12.8 Å². The molecule has 1 aromatic carbocycles. The molecule has 2 N–H and O–H groups in total. The zero-order valence-corrected chi connectivity index (χ0v) is 23.7. The number of hydrogen-bond acceptors (Lipinski definition) is 6. The van der Waals surface area contributed by atoms with Crippen LogP contribution in [0.25, 0.3) is 0 Å². The van der Waals surface area contributed by atoms with Crippen molar-refractivity contribution in [1.29, 1.82) is 0 Å². The zero-order chi connectivity index (χ0) is 28.2. The Bertz CT molecular complexity index is 911. The van der Waals surface area contributed by atoms with Crippen LogP contribution in [-0.4, -0.2) is 60.6 Å². The number of esters is 1. The van der Waals surface area contributed by atoms with Gasteiger partial charge in [-0.1, -0.05) is 64.3 Å². The van der Waals surface area contributed by atoms with Gasteiger partial charge in [0.15, 0.2) is 0 Å². The van der Waals surface area contributed by atoms with Crippen molar-refractivity contribution in [3.8, 4) is 0 Å². The largest absolute Gasteiger partial charge is 0.468 e. The maximum atomic E-state index is 14.1. The van der Waals surface area contributed by atoms with E-state index in [1.807, 2.05) is 39.0 Å². The minimum absolute atomic E-state index is 0.218. The SMILES string of the molecule is CCCCCN(C(=O)C(NC(=O)OC(C)(C)C)C(C)CC)C(C(=O)NCC(=O)OC)c1ccccc1C. The van der Waals surface area contributed by atoms with Crippen molar-refractivity contribution in [1.82, 2.24) is 15.5 Å². The molecule has 0 aliphatic heterocycles. The van der Waals surface area contributed by atoms with Gasteiger partial charge in [0.25, 0.3) is 0 Å². The molecule has 0 aromatic heterocycles. The van der Waals surface area contributed by atoms with Crippen molar-refractivity contribution >= 4 is 23.9 Å².